The average Bonchev–Trinajstić information content (AvgIpc) is 2.73. The van der Waals surface area contributed by atoms with Gasteiger partial charge in [0.05, 0.1) is 18.0 Å². The number of ether oxygens (including phenoxy) is 1. The van der Waals surface area contributed by atoms with Crippen molar-refractivity contribution in [2.24, 2.45) is 0 Å². The number of methoxy groups -OCH3 is 1. The number of anilines is 2. The minimum absolute atomic E-state index is 0.171. The second kappa shape index (κ2) is 11.7. The zero-order chi connectivity index (χ0) is 21.9. The maximum atomic E-state index is 12.5. The summed E-state index contributed by atoms with van der Waals surface area (Å²) < 4.78 is 4.98. The predicted octanol–water partition coefficient (Wildman–Crippen LogP) is 1.64. The number of nitrogen functional groups attached to an aromatic ring is 1. The van der Waals surface area contributed by atoms with Crippen LogP contribution in [0.1, 0.15) is 16.1 Å². The molecule has 0 atom stereocenters. The number of hydrogen-bond donors (Lipinski definition) is 3. The van der Waals surface area contributed by atoms with Crippen LogP contribution in [0.25, 0.3) is 0 Å². The van der Waals surface area contributed by atoms with Crippen molar-refractivity contribution in [3.8, 4) is 0 Å². The summed E-state index contributed by atoms with van der Waals surface area (Å²) in [6.45, 7) is 2.55. The number of para-hydroxylation sites is 2. The molecule has 30 heavy (non-hydrogen) atoms. The van der Waals surface area contributed by atoms with Gasteiger partial charge in [-0.25, -0.2) is 4.79 Å². The van der Waals surface area contributed by atoms with E-state index in [0.29, 0.717) is 37.6 Å². The van der Waals surface area contributed by atoms with Crippen LogP contribution in [-0.4, -0.2) is 74.2 Å². The van der Waals surface area contributed by atoms with E-state index in [9.17, 15) is 9.59 Å². The number of carbonyl (C=O) groups is 2. The van der Waals surface area contributed by atoms with Gasteiger partial charge in [-0.3, -0.25) is 9.78 Å². The summed E-state index contributed by atoms with van der Waals surface area (Å²) in [5.74, 6) is -0.346. The number of carbonyl (C=O) groups excluding carboxylic acids is 2. The van der Waals surface area contributed by atoms with E-state index in [1.807, 2.05) is 19.0 Å². The molecule has 0 bridgehead atoms. The van der Waals surface area contributed by atoms with Crippen LogP contribution in [0.2, 0.25) is 0 Å². The van der Waals surface area contributed by atoms with E-state index >= 15 is 0 Å². The van der Waals surface area contributed by atoms with Crippen molar-refractivity contribution in [2.75, 3.05) is 58.5 Å². The molecular formula is C21H30N6O3. The smallest absolute Gasteiger partial charge is 0.317 e. The molecule has 9 heteroatoms. The highest BCUT2D eigenvalue weighted by Crippen LogP contribution is 2.17. The van der Waals surface area contributed by atoms with Gasteiger partial charge in [0, 0.05) is 39.5 Å². The average molecular weight is 415 g/mol. The van der Waals surface area contributed by atoms with Gasteiger partial charge in [-0.05, 0) is 37.9 Å². The van der Waals surface area contributed by atoms with E-state index in [4.69, 9.17) is 10.5 Å². The lowest BCUT2D eigenvalue weighted by atomic mass is 10.2. The van der Waals surface area contributed by atoms with E-state index in [-0.39, 0.29) is 17.6 Å². The molecule has 2 aromatic rings. The van der Waals surface area contributed by atoms with Gasteiger partial charge in [0.1, 0.15) is 5.69 Å². The maximum absolute atomic E-state index is 12.5. The fourth-order valence-corrected chi connectivity index (χ4v) is 2.61. The van der Waals surface area contributed by atoms with Crippen LogP contribution in [0.15, 0.2) is 42.6 Å². The second-order valence-electron chi connectivity index (χ2n) is 7.04. The molecule has 0 spiro atoms. The third kappa shape index (κ3) is 7.34. The normalized spacial score (nSPS) is 10.7. The summed E-state index contributed by atoms with van der Waals surface area (Å²) in [7, 11) is 5.50. The SMILES string of the molecule is COCCNC(=O)N(CCN(C)C)Cc1ccc(C(=O)Nc2ccccc2N)nc1. The summed E-state index contributed by atoms with van der Waals surface area (Å²) in [6, 6.07) is 10.3. The van der Waals surface area contributed by atoms with Crippen LogP contribution in [0.3, 0.4) is 0 Å². The van der Waals surface area contributed by atoms with Gasteiger partial charge in [0.15, 0.2) is 0 Å². The Morgan fingerprint density at radius 3 is 2.53 bits per heavy atom. The highest BCUT2D eigenvalue weighted by atomic mass is 16.5. The first-order chi connectivity index (χ1) is 14.4. The van der Waals surface area contributed by atoms with Gasteiger partial charge in [0.2, 0.25) is 0 Å². The Bertz CT molecular complexity index is 826. The van der Waals surface area contributed by atoms with Gasteiger partial charge < -0.3 is 30.9 Å². The van der Waals surface area contributed by atoms with Gasteiger partial charge in [-0.2, -0.15) is 0 Å². The van der Waals surface area contributed by atoms with Crippen LogP contribution < -0.4 is 16.4 Å². The van der Waals surface area contributed by atoms with Crippen LogP contribution >= 0.6 is 0 Å². The number of nitrogens with two attached hydrogens (primary N) is 1. The Morgan fingerprint density at radius 2 is 1.90 bits per heavy atom. The number of amides is 3. The Balaban J connectivity index is 2.01. The van der Waals surface area contributed by atoms with E-state index in [1.165, 1.54) is 0 Å². The predicted molar refractivity (Wildman–Crippen MR) is 117 cm³/mol. The topological polar surface area (TPSA) is 113 Å². The lowest BCUT2D eigenvalue weighted by molar-refractivity contribution is 0.102. The van der Waals surface area contributed by atoms with Crippen molar-refractivity contribution in [2.45, 2.75) is 6.54 Å². The third-order valence-corrected chi connectivity index (χ3v) is 4.33. The second-order valence-corrected chi connectivity index (χ2v) is 7.04. The monoisotopic (exact) mass is 414 g/mol. The summed E-state index contributed by atoms with van der Waals surface area (Å²) in [5, 5.41) is 5.59. The Labute approximate surface area is 177 Å². The molecule has 1 aromatic carbocycles. The van der Waals surface area contributed by atoms with Gasteiger partial charge in [-0.1, -0.05) is 18.2 Å². The molecule has 9 nitrogen and oxygen atoms in total. The molecule has 0 saturated carbocycles. The number of nitrogens with one attached hydrogen (secondary N) is 2. The summed E-state index contributed by atoms with van der Waals surface area (Å²) in [6.07, 6.45) is 1.61. The van der Waals surface area contributed by atoms with E-state index < -0.39 is 0 Å². The number of rotatable bonds is 10. The molecule has 0 aliphatic carbocycles. The quantitative estimate of drug-likeness (QED) is 0.402. The molecular weight excluding hydrogens is 384 g/mol. The first-order valence-corrected chi connectivity index (χ1v) is 9.68. The lowest BCUT2D eigenvalue weighted by Crippen LogP contribution is -2.43. The molecule has 0 radical (unpaired) electrons. The first kappa shape index (κ1) is 23.1. The van der Waals surface area contributed by atoms with Crippen LogP contribution in [-0.2, 0) is 11.3 Å². The first-order valence-electron chi connectivity index (χ1n) is 9.68. The zero-order valence-electron chi connectivity index (χ0n) is 17.7. The van der Waals surface area contributed by atoms with Crippen LogP contribution in [0.4, 0.5) is 16.2 Å². The molecule has 162 valence electrons. The van der Waals surface area contributed by atoms with Crippen LogP contribution in [0.5, 0.6) is 0 Å². The molecule has 0 aliphatic rings. The number of nitrogens with zero attached hydrogens (tertiary/aromatic N) is 3. The molecule has 0 saturated heterocycles. The number of pyridine rings is 1. The zero-order valence-corrected chi connectivity index (χ0v) is 17.7. The number of likely N-dealkylation sites (N-methyl/N-ethyl adjacent to an activating group) is 1. The standard InChI is InChI=1S/C21H30N6O3/c1-26(2)11-12-27(21(29)23-10-13-30-3)15-16-8-9-19(24-14-16)20(28)25-18-7-5-4-6-17(18)22/h4-9,14H,10-13,15,22H2,1-3H3,(H,23,29)(H,25,28). The summed E-state index contributed by atoms with van der Waals surface area (Å²) in [4.78, 5) is 32.9. The van der Waals surface area contributed by atoms with Gasteiger partial charge >= 0.3 is 6.03 Å². The lowest BCUT2D eigenvalue weighted by Gasteiger charge is -2.24. The Morgan fingerprint density at radius 1 is 1.13 bits per heavy atom. The van der Waals surface area contributed by atoms with Crippen molar-refractivity contribution >= 4 is 23.3 Å². The molecule has 0 unspecified atom stereocenters. The largest absolute Gasteiger partial charge is 0.397 e. The van der Waals surface area contributed by atoms with Gasteiger partial charge in [-0.15, -0.1) is 0 Å². The number of benzene rings is 1. The van der Waals surface area contributed by atoms with Crippen LogP contribution in [0, 0.1) is 0 Å². The molecule has 1 heterocycles. The number of aromatic nitrogens is 1. The highest BCUT2D eigenvalue weighted by molar-refractivity contribution is 6.04. The number of urea groups is 1. The summed E-state index contributed by atoms with van der Waals surface area (Å²) in [5.41, 5.74) is 7.98. The molecule has 4 N–H and O–H groups in total. The molecule has 0 aliphatic heterocycles. The van der Waals surface area contributed by atoms with E-state index in [0.717, 1.165) is 12.1 Å². The van der Waals surface area contributed by atoms with Gasteiger partial charge in [0.25, 0.3) is 5.91 Å². The van der Waals surface area contributed by atoms with E-state index in [1.54, 1.807) is 54.6 Å². The van der Waals surface area contributed by atoms with Crippen molar-refractivity contribution in [1.29, 1.82) is 0 Å². The fraction of sp³-hybridized carbons (Fsp3) is 0.381. The van der Waals surface area contributed by atoms with Crippen molar-refractivity contribution in [3.05, 3.63) is 53.9 Å². The highest BCUT2D eigenvalue weighted by Gasteiger charge is 2.15. The molecule has 0 fully saturated rings. The minimum atomic E-state index is -0.346. The fourth-order valence-electron chi connectivity index (χ4n) is 2.61. The summed E-state index contributed by atoms with van der Waals surface area (Å²) >= 11 is 0. The minimum Gasteiger partial charge on any atom is -0.397 e. The van der Waals surface area contributed by atoms with Crippen molar-refractivity contribution in [1.82, 2.24) is 20.1 Å². The molecule has 2 rings (SSSR count). The maximum Gasteiger partial charge on any atom is 0.317 e. The Kier molecular flexibility index (Phi) is 9.04. The van der Waals surface area contributed by atoms with E-state index in [2.05, 4.69) is 15.6 Å². The third-order valence-electron chi connectivity index (χ3n) is 4.33. The number of hydrogen-bond acceptors (Lipinski definition) is 6. The van der Waals surface area contributed by atoms with Crippen molar-refractivity contribution in [3.63, 3.8) is 0 Å². The van der Waals surface area contributed by atoms with Crippen molar-refractivity contribution < 1.29 is 14.3 Å². The molecule has 3 amide bonds. The molecule has 1 aromatic heterocycles. The Hall–Kier alpha value is -3.17.